The van der Waals surface area contributed by atoms with Gasteiger partial charge < -0.3 is 5.32 Å². The van der Waals surface area contributed by atoms with Gasteiger partial charge in [-0.15, -0.1) is 11.3 Å². The summed E-state index contributed by atoms with van der Waals surface area (Å²) in [7, 11) is 2.03. The molecule has 0 aliphatic heterocycles. The van der Waals surface area contributed by atoms with Crippen LogP contribution in [0.4, 0.5) is 0 Å². The molecule has 0 amide bonds. The molecule has 0 fully saturated rings. The predicted molar refractivity (Wildman–Crippen MR) is 94.2 cm³/mol. The van der Waals surface area contributed by atoms with Crippen molar-refractivity contribution in [3.05, 3.63) is 37.2 Å². The van der Waals surface area contributed by atoms with E-state index in [0.717, 1.165) is 25.1 Å². The van der Waals surface area contributed by atoms with Gasteiger partial charge in [0.05, 0.1) is 15.9 Å². The highest BCUT2D eigenvalue weighted by molar-refractivity contribution is 9.10. The van der Waals surface area contributed by atoms with E-state index < -0.39 is 0 Å². The van der Waals surface area contributed by atoms with E-state index in [2.05, 4.69) is 60.1 Å². The Labute approximate surface area is 139 Å². The number of nitrogens with one attached hydrogen (secondary N) is 1. The number of aromatic nitrogens is 2. The predicted octanol–water partition coefficient (Wildman–Crippen LogP) is 4.32. The lowest BCUT2D eigenvalue weighted by molar-refractivity contribution is 0.534. The third kappa shape index (κ3) is 3.58. The maximum absolute atomic E-state index is 4.60. The van der Waals surface area contributed by atoms with Crippen molar-refractivity contribution in [3.63, 3.8) is 0 Å². The second kappa shape index (κ2) is 7.07. The molecule has 2 aromatic rings. The molecule has 0 radical (unpaired) electrons. The van der Waals surface area contributed by atoms with Gasteiger partial charge in [-0.25, -0.2) is 0 Å². The minimum atomic E-state index is 0.351. The standard InChI is InChI=1S/C16H24BrN3S/c1-6-12-16(17)14(20(5)19-12)9-13(18-7-2)15-8-10(3)11(4)21-15/h8,13,18H,6-7,9H2,1-5H3. The Morgan fingerprint density at radius 2 is 2.10 bits per heavy atom. The molecule has 2 rings (SSSR count). The van der Waals surface area contributed by atoms with Crippen LogP contribution >= 0.6 is 27.3 Å². The summed E-state index contributed by atoms with van der Waals surface area (Å²) in [5.41, 5.74) is 3.79. The van der Waals surface area contributed by atoms with Crippen molar-refractivity contribution in [2.24, 2.45) is 7.05 Å². The van der Waals surface area contributed by atoms with Crippen LogP contribution in [0.25, 0.3) is 0 Å². The van der Waals surface area contributed by atoms with E-state index in [-0.39, 0.29) is 0 Å². The molecule has 21 heavy (non-hydrogen) atoms. The fraction of sp³-hybridized carbons (Fsp3) is 0.562. The quantitative estimate of drug-likeness (QED) is 0.821. The molecular formula is C16H24BrN3S. The fourth-order valence-corrected chi connectivity index (χ4v) is 4.42. The van der Waals surface area contributed by atoms with Crippen molar-refractivity contribution in [2.45, 2.75) is 46.6 Å². The van der Waals surface area contributed by atoms with Gasteiger partial charge in [0.15, 0.2) is 0 Å². The summed E-state index contributed by atoms with van der Waals surface area (Å²) >= 11 is 5.62. The molecule has 0 aromatic carbocycles. The highest BCUT2D eigenvalue weighted by atomic mass is 79.9. The molecule has 0 aliphatic carbocycles. The Balaban J connectivity index is 2.30. The Morgan fingerprint density at radius 3 is 2.57 bits per heavy atom. The van der Waals surface area contributed by atoms with Gasteiger partial charge in [0.25, 0.3) is 0 Å². The van der Waals surface area contributed by atoms with Crippen LogP contribution in [0.5, 0.6) is 0 Å². The largest absolute Gasteiger partial charge is 0.309 e. The van der Waals surface area contributed by atoms with Crippen LogP contribution in [0.3, 0.4) is 0 Å². The van der Waals surface area contributed by atoms with Gasteiger partial charge in [-0.2, -0.15) is 5.10 Å². The average molecular weight is 370 g/mol. The summed E-state index contributed by atoms with van der Waals surface area (Å²) in [6, 6.07) is 2.67. The summed E-state index contributed by atoms with van der Waals surface area (Å²) in [6.07, 6.45) is 1.91. The Kier molecular flexibility index (Phi) is 5.63. The molecule has 0 saturated carbocycles. The summed E-state index contributed by atoms with van der Waals surface area (Å²) in [6.45, 7) is 9.66. The number of rotatable bonds is 6. The molecule has 5 heteroatoms. The highest BCUT2D eigenvalue weighted by Gasteiger charge is 2.20. The van der Waals surface area contributed by atoms with Gasteiger partial charge in [-0.1, -0.05) is 13.8 Å². The highest BCUT2D eigenvalue weighted by Crippen LogP contribution is 2.31. The van der Waals surface area contributed by atoms with E-state index in [1.807, 2.05) is 23.1 Å². The number of nitrogens with zero attached hydrogens (tertiary/aromatic N) is 2. The van der Waals surface area contributed by atoms with Crippen molar-refractivity contribution in [3.8, 4) is 0 Å². The molecule has 1 N–H and O–H groups in total. The van der Waals surface area contributed by atoms with E-state index in [1.165, 1.54) is 25.5 Å². The van der Waals surface area contributed by atoms with Crippen molar-refractivity contribution in [1.29, 1.82) is 0 Å². The second-order valence-electron chi connectivity index (χ2n) is 5.39. The summed E-state index contributed by atoms with van der Waals surface area (Å²) < 4.78 is 3.18. The number of hydrogen-bond acceptors (Lipinski definition) is 3. The third-order valence-corrected chi connectivity index (χ3v) is 6.06. The number of hydrogen-bond donors (Lipinski definition) is 1. The maximum Gasteiger partial charge on any atom is 0.0766 e. The number of aryl methyl sites for hydroxylation is 4. The zero-order valence-electron chi connectivity index (χ0n) is 13.5. The molecule has 2 aromatic heterocycles. The van der Waals surface area contributed by atoms with E-state index in [0.29, 0.717) is 6.04 Å². The van der Waals surface area contributed by atoms with Crippen LogP contribution < -0.4 is 5.32 Å². The van der Waals surface area contributed by atoms with Crippen LogP contribution in [-0.4, -0.2) is 16.3 Å². The first kappa shape index (κ1) is 16.7. The monoisotopic (exact) mass is 369 g/mol. The first-order valence-corrected chi connectivity index (χ1v) is 9.09. The first-order valence-electron chi connectivity index (χ1n) is 7.48. The van der Waals surface area contributed by atoms with Crippen LogP contribution in [0.15, 0.2) is 10.5 Å². The zero-order chi connectivity index (χ0) is 15.6. The Morgan fingerprint density at radius 1 is 1.38 bits per heavy atom. The van der Waals surface area contributed by atoms with Gasteiger partial charge in [0.1, 0.15) is 0 Å². The minimum Gasteiger partial charge on any atom is -0.309 e. The maximum atomic E-state index is 4.60. The first-order chi connectivity index (χ1) is 9.97. The molecule has 116 valence electrons. The fourth-order valence-electron chi connectivity index (χ4n) is 2.53. The molecule has 0 aliphatic rings. The zero-order valence-corrected chi connectivity index (χ0v) is 15.9. The van der Waals surface area contributed by atoms with Crippen molar-refractivity contribution >= 4 is 27.3 Å². The van der Waals surface area contributed by atoms with E-state index in [4.69, 9.17) is 0 Å². The summed E-state index contributed by atoms with van der Waals surface area (Å²) in [4.78, 5) is 2.82. The lowest BCUT2D eigenvalue weighted by Gasteiger charge is -2.17. The third-order valence-electron chi connectivity index (χ3n) is 3.88. The molecule has 0 saturated heterocycles. The second-order valence-corrected chi connectivity index (χ2v) is 7.47. The number of thiophene rings is 1. The van der Waals surface area contributed by atoms with Crippen molar-refractivity contribution in [2.75, 3.05) is 6.54 Å². The SMILES string of the molecule is CCNC(Cc1c(Br)c(CC)nn1C)c1cc(C)c(C)s1. The van der Waals surface area contributed by atoms with E-state index >= 15 is 0 Å². The van der Waals surface area contributed by atoms with Gasteiger partial charge in [-0.3, -0.25) is 4.68 Å². The van der Waals surface area contributed by atoms with E-state index in [1.54, 1.807) is 0 Å². The number of likely N-dealkylation sites (N-methyl/N-ethyl adjacent to an activating group) is 1. The van der Waals surface area contributed by atoms with Crippen LogP contribution in [0.2, 0.25) is 0 Å². The lowest BCUT2D eigenvalue weighted by Crippen LogP contribution is -2.23. The van der Waals surface area contributed by atoms with Crippen molar-refractivity contribution in [1.82, 2.24) is 15.1 Å². The Bertz CT molecular complexity index is 596. The van der Waals surface area contributed by atoms with Gasteiger partial charge >= 0.3 is 0 Å². The average Bonchev–Trinajstić information content (AvgIpc) is 2.92. The van der Waals surface area contributed by atoms with Crippen LogP contribution in [0.1, 0.15) is 46.6 Å². The molecule has 2 heterocycles. The van der Waals surface area contributed by atoms with E-state index in [9.17, 15) is 0 Å². The molecule has 1 unspecified atom stereocenters. The van der Waals surface area contributed by atoms with Crippen LogP contribution in [-0.2, 0) is 19.9 Å². The van der Waals surface area contributed by atoms with Crippen molar-refractivity contribution < 1.29 is 0 Å². The molecule has 0 bridgehead atoms. The normalized spacial score (nSPS) is 12.9. The topological polar surface area (TPSA) is 29.9 Å². The van der Waals surface area contributed by atoms with Crippen LogP contribution in [0, 0.1) is 13.8 Å². The van der Waals surface area contributed by atoms with Gasteiger partial charge in [0.2, 0.25) is 0 Å². The number of halogens is 1. The summed E-state index contributed by atoms with van der Waals surface area (Å²) in [5.74, 6) is 0. The summed E-state index contributed by atoms with van der Waals surface area (Å²) in [5, 5.41) is 8.22. The molecule has 1 atom stereocenters. The minimum absolute atomic E-state index is 0.351. The molecule has 0 spiro atoms. The Hall–Kier alpha value is -0.650. The molecule has 3 nitrogen and oxygen atoms in total. The smallest absolute Gasteiger partial charge is 0.0766 e. The van der Waals surface area contributed by atoms with Gasteiger partial charge in [-0.05, 0) is 54.4 Å². The van der Waals surface area contributed by atoms with Gasteiger partial charge in [0, 0.05) is 29.3 Å². The lowest BCUT2D eigenvalue weighted by atomic mass is 10.1. The molecular weight excluding hydrogens is 346 g/mol.